The van der Waals surface area contributed by atoms with Crippen LogP contribution in [0, 0.1) is 5.82 Å². The second-order valence-electron chi connectivity index (χ2n) is 7.27. The van der Waals surface area contributed by atoms with Crippen molar-refractivity contribution in [2.45, 2.75) is 6.18 Å². The molecule has 0 N–H and O–H groups in total. The van der Waals surface area contributed by atoms with Crippen molar-refractivity contribution in [3.63, 3.8) is 0 Å². The number of piperazine rings is 1. The van der Waals surface area contributed by atoms with E-state index in [1.807, 2.05) is 0 Å². The van der Waals surface area contributed by atoms with Gasteiger partial charge in [0.15, 0.2) is 11.4 Å². The molecule has 3 aromatic rings. The van der Waals surface area contributed by atoms with Gasteiger partial charge < -0.3 is 9.80 Å². The zero-order valence-corrected chi connectivity index (χ0v) is 17.6. The summed E-state index contributed by atoms with van der Waals surface area (Å²) in [6.07, 6.45) is -4.94. The molecule has 172 valence electrons. The number of nitrogens with zero attached hydrogens (tertiary/aromatic N) is 5. The minimum absolute atomic E-state index is 0.0197. The molecular formula is C21H16ClF4N5O2. The molecule has 33 heavy (non-hydrogen) atoms. The predicted octanol–water partition coefficient (Wildman–Crippen LogP) is 3.68. The van der Waals surface area contributed by atoms with Crippen molar-refractivity contribution < 1.29 is 27.2 Å². The van der Waals surface area contributed by atoms with Crippen molar-refractivity contribution in [1.82, 2.24) is 24.8 Å². The van der Waals surface area contributed by atoms with E-state index in [2.05, 4.69) is 10.3 Å². The van der Waals surface area contributed by atoms with Crippen LogP contribution in [0.3, 0.4) is 0 Å². The van der Waals surface area contributed by atoms with E-state index in [-0.39, 0.29) is 37.8 Å². The number of benzene rings is 2. The number of carbonyl (C=O) groups excluding carboxylic acids is 2. The topological polar surface area (TPSA) is 71.3 Å². The van der Waals surface area contributed by atoms with Gasteiger partial charge in [0.2, 0.25) is 0 Å². The number of carbonyl (C=O) groups is 2. The van der Waals surface area contributed by atoms with Crippen molar-refractivity contribution in [3.05, 3.63) is 76.3 Å². The van der Waals surface area contributed by atoms with Gasteiger partial charge in [-0.15, -0.1) is 5.10 Å². The second kappa shape index (κ2) is 8.81. The molecule has 0 bridgehead atoms. The molecule has 7 nitrogen and oxygen atoms in total. The molecular weight excluding hydrogens is 466 g/mol. The lowest BCUT2D eigenvalue weighted by atomic mass is 10.1. The van der Waals surface area contributed by atoms with E-state index in [1.165, 1.54) is 15.9 Å². The van der Waals surface area contributed by atoms with E-state index in [4.69, 9.17) is 11.6 Å². The molecule has 1 aliphatic heterocycles. The average Bonchev–Trinajstić information content (AvgIpc) is 3.24. The van der Waals surface area contributed by atoms with Gasteiger partial charge in [-0.05, 0) is 42.5 Å². The van der Waals surface area contributed by atoms with E-state index in [9.17, 15) is 27.2 Å². The van der Waals surface area contributed by atoms with E-state index < -0.39 is 29.3 Å². The summed E-state index contributed by atoms with van der Waals surface area (Å²) in [5.41, 5.74) is -1.92. The minimum Gasteiger partial charge on any atom is -0.335 e. The second-order valence-corrected chi connectivity index (χ2v) is 7.70. The third-order valence-corrected chi connectivity index (χ3v) is 5.37. The molecule has 0 radical (unpaired) electrons. The van der Waals surface area contributed by atoms with Crippen LogP contribution in [0.15, 0.2) is 48.5 Å². The van der Waals surface area contributed by atoms with Crippen LogP contribution in [0.4, 0.5) is 17.6 Å². The molecule has 0 unspecified atom stereocenters. The molecule has 2 aromatic carbocycles. The first-order valence-corrected chi connectivity index (χ1v) is 10.2. The van der Waals surface area contributed by atoms with E-state index in [0.29, 0.717) is 15.3 Å². The van der Waals surface area contributed by atoms with Crippen molar-refractivity contribution in [1.29, 1.82) is 0 Å². The highest BCUT2D eigenvalue weighted by Gasteiger charge is 2.43. The largest absolute Gasteiger partial charge is 0.435 e. The number of hydrogen-bond acceptors (Lipinski definition) is 4. The van der Waals surface area contributed by atoms with Gasteiger partial charge in [0, 0.05) is 36.8 Å². The quantitative estimate of drug-likeness (QED) is 0.535. The summed E-state index contributed by atoms with van der Waals surface area (Å²) in [5.74, 6) is -1.87. The van der Waals surface area contributed by atoms with Gasteiger partial charge in [-0.2, -0.15) is 13.2 Å². The fraction of sp³-hybridized carbons (Fsp3) is 0.238. The summed E-state index contributed by atoms with van der Waals surface area (Å²) < 4.78 is 55.1. The van der Waals surface area contributed by atoms with E-state index >= 15 is 0 Å². The van der Waals surface area contributed by atoms with Crippen molar-refractivity contribution in [2.24, 2.45) is 0 Å². The van der Waals surface area contributed by atoms with Gasteiger partial charge in [-0.3, -0.25) is 9.59 Å². The summed E-state index contributed by atoms with van der Waals surface area (Å²) in [7, 11) is 0. The van der Waals surface area contributed by atoms with Gasteiger partial charge in [0.25, 0.3) is 11.8 Å². The Kier molecular flexibility index (Phi) is 6.07. The molecule has 1 aliphatic rings. The Morgan fingerprint density at radius 2 is 1.52 bits per heavy atom. The van der Waals surface area contributed by atoms with Gasteiger partial charge in [0.1, 0.15) is 5.82 Å². The number of halogens is 5. The van der Waals surface area contributed by atoms with E-state index in [1.54, 1.807) is 18.2 Å². The number of amides is 2. The summed E-state index contributed by atoms with van der Waals surface area (Å²) in [5, 5.41) is 7.37. The smallest absolute Gasteiger partial charge is 0.335 e. The first-order valence-electron chi connectivity index (χ1n) is 9.78. The first kappa shape index (κ1) is 22.7. The van der Waals surface area contributed by atoms with Gasteiger partial charge in [-0.1, -0.05) is 22.9 Å². The molecule has 1 aromatic heterocycles. The van der Waals surface area contributed by atoms with Gasteiger partial charge in [-0.25, -0.2) is 9.07 Å². The molecule has 0 aliphatic carbocycles. The summed E-state index contributed by atoms with van der Waals surface area (Å²) in [6, 6.07) is 10.6. The van der Waals surface area contributed by atoms with Crippen molar-refractivity contribution in [2.75, 3.05) is 26.2 Å². The maximum Gasteiger partial charge on any atom is 0.435 e. The number of rotatable bonds is 3. The van der Waals surface area contributed by atoms with E-state index in [0.717, 1.165) is 24.3 Å². The lowest BCUT2D eigenvalue weighted by molar-refractivity contribution is -0.143. The van der Waals surface area contributed by atoms with Crippen LogP contribution < -0.4 is 0 Å². The van der Waals surface area contributed by atoms with Crippen LogP contribution in [-0.4, -0.2) is 62.8 Å². The highest BCUT2D eigenvalue weighted by atomic mass is 35.5. The SMILES string of the molecule is O=C(c1cccc(Cl)c1)N1CCN(C(=O)c2nnn(-c3ccc(F)cc3)c2C(F)(F)F)CC1. The maximum absolute atomic E-state index is 13.8. The molecule has 2 amide bonds. The molecule has 0 saturated carbocycles. The Balaban J connectivity index is 1.53. The maximum atomic E-state index is 13.8. The lowest BCUT2D eigenvalue weighted by Gasteiger charge is -2.34. The Morgan fingerprint density at radius 3 is 2.09 bits per heavy atom. The zero-order chi connectivity index (χ0) is 23.8. The Hall–Kier alpha value is -3.47. The molecule has 2 heterocycles. The highest BCUT2D eigenvalue weighted by molar-refractivity contribution is 6.30. The monoisotopic (exact) mass is 481 g/mol. The fourth-order valence-corrected chi connectivity index (χ4v) is 3.70. The number of hydrogen-bond donors (Lipinski definition) is 0. The average molecular weight is 482 g/mol. The Labute approximate surface area is 190 Å². The normalized spacial score (nSPS) is 14.5. The molecule has 1 saturated heterocycles. The zero-order valence-electron chi connectivity index (χ0n) is 16.9. The van der Waals surface area contributed by atoms with Crippen LogP contribution in [0.1, 0.15) is 26.5 Å². The summed E-state index contributed by atoms with van der Waals surface area (Å²) >= 11 is 5.92. The first-order chi connectivity index (χ1) is 15.6. The summed E-state index contributed by atoms with van der Waals surface area (Å²) in [6.45, 7) is 0.298. The number of alkyl halides is 3. The van der Waals surface area contributed by atoms with Crippen LogP contribution in [0.25, 0.3) is 5.69 Å². The molecule has 12 heteroatoms. The standard InChI is InChI=1S/C21H16ClF4N5O2/c22-14-3-1-2-13(12-14)19(32)29-8-10-30(11-9-29)20(33)17-18(21(24,25)26)31(28-27-17)16-6-4-15(23)5-7-16/h1-7,12H,8-11H2. The minimum atomic E-state index is -4.94. The molecule has 4 rings (SSSR count). The van der Waals surface area contributed by atoms with Crippen LogP contribution in [0.2, 0.25) is 5.02 Å². The Bertz CT molecular complexity index is 1190. The van der Waals surface area contributed by atoms with Crippen LogP contribution in [-0.2, 0) is 6.18 Å². The third-order valence-electron chi connectivity index (χ3n) is 5.14. The third kappa shape index (κ3) is 4.68. The van der Waals surface area contributed by atoms with Crippen molar-refractivity contribution in [3.8, 4) is 5.69 Å². The van der Waals surface area contributed by atoms with Crippen LogP contribution >= 0.6 is 11.6 Å². The molecule has 0 spiro atoms. The van der Waals surface area contributed by atoms with Gasteiger partial charge in [0.05, 0.1) is 5.69 Å². The van der Waals surface area contributed by atoms with Crippen LogP contribution in [0.5, 0.6) is 0 Å². The molecule has 0 atom stereocenters. The predicted molar refractivity (Wildman–Crippen MR) is 110 cm³/mol. The highest BCUT2D eigenvalue weighted by Crippen LogP contribution is 2.33. The Morgan fingerprint density at radius 1 is 0.909 bits per heavy atom. The van der Waals surface area contributed by atoms with Crippen molar-refractivity contribution >= 4 is 23.4 Å². The van der Waals surface area contributed by atoms with Gasteiger partial charge >= 0.3 is 6.18 Å². The molecule has 1 fully saturated rings. The summed E-state index contributed by atoms with van der Waals surface area (Å²) in [4.78, 5) is 28.2. The fourth-order valence-electron chi connectivity index (χ4n) is 3.51. The number of aromatic nitrogens is 3. The lowest BCUT2D eigenvalue weighted by Crippen LogP contribution is -2.51.